The number of aryl methyl sites for hydroxylation is 1. The van der Waals surface area contributed by atoms with Gasteiger partial charge in [0.05, 0.1) is 15.2 Å². The van der Waals surface area contributed by atoms with Crippen LogP contribution >= 0.6 is 11.3 Å². The lowest BCUT2D eigenvalue weighted by Gasteiger charge is -2.27. The maximum Gasteiger partial charge on any atom is 0.0907 e. The molecule has 3 atom stereocenters. The van der Waals surface area contributed by atoms with E-state index in [9.17, 15) is 0 Å². The highest BCUT2D eigenvalue weighted by Gasteiger charge is 2.34. The summed E-state index contributed by atoms with van der Waals surface area (Å²) in [6, 6.07) is 7.99. The van der Waals surface area contributed by atoms with E-state index in [4.69, 9.17) is 0 Å². The van der Waals surface area contributed by atoms with Crippen molar-refractivity contribution in [3.8, 4) is 0 Å². The van der Waals surface area contributed by atoms with Gasteiger partial charge >= 0.3 is 0 Å². The molecule has 4 rings (SSSR count). The van der Waals surface area contributed by atoms with Gasteiger partial charge in [-0.05, 0) is 63.3 Å². The van der Waals surface area contributed by atoms with Gasteiger partial charge in [-0.25, -0.2) is 4.98 Å². The van der Waals surface area contributed by atoms with Crippen LogP contribution < -0.4 is 10.6 Å². The first-order valence-corrected chi connectivity index (χ1v) is 8.98. The summed E-state index contributed by atoms with van der Waals surface area (Å²) < 4.78 is 1.30. The van der Waals surface area contributed by atoms with E-state index in [0.717, 1.165) is 22.5 Å². The highest BCUT2D eigenvalue weighted by molar-refractivity contribution is 7.18. The van der Waals surface area contributed by atoms with Crippen LogP contribution in [0.4, 0.5) is 5.69 Å². The second kappa shape index (κ2) is 5.58. The summed E-state index contributed by atoms with van der Waals surface area (Å²) >= 11 is 1.79. The molecule has 2 heterocycles. The minimum Gasteiger partial charge on any atom is -0.382 e. The zero-order chi connectivity index (χ0) is 14.2. The van der Waals surface area contributed by atoms with Crippen LogP contribution in [0.25, 0.3) is 10.2 Å². The molecule has 1 aromatic carbocycles. The molecule has 1 saturated carbocycles. The van der Waals surface area contributed by atoms with Crippen molar-refractivity contribution in [3.63, 3.8) is 0 Å². The lowest BCUT2D eigenvalue weighted by Crippen LogP contribution is -2.38. The summed E-state index contributed by atoms with van der Waals surface area (Å²) in [7, 11) is 0. The molecule has 0 bridgehead atoms. The number of benzene rings is 1. The molecule has 2 aromatic rings. The van der Waals surface area contributed by atoms with Gasteiger partial charge in [0.1, 0.15) is 0 Å². The molecule has 1 aliphatic heterocycles. The third kappa shape index (κ3) is 2.67. The summed E-state index contributed by atoms with van der Waals surface area (Å²) in [4.78, 5) is 4.54. The van der Waals surface area contributed by atoms with Crippen LogP contribution in [0.15, 0.2) is 18.2 Å². The summed E-state index contributed by atoms with van der Waals surface area (Å²) in [5.74, 6) is 0.798. The number of nitrogens with one attached hydrogen (secondary N) is 2. The van der Waals surface area contributed by atoms with Crippen LogP contribution in [0.3, 0.4) is 0 Å². The van der Waals surface area contributed by atoms with Crippen LogP contribution in [0.5, 0.6) is 0 Å². The van der Waals surface area contributed by atoms with Gasteiger partial charge in [-0.3, -0.25) is 0 Å². The molecule has 112 valence electrons. The first-order valence-electron chi connectivity index (χ1n) is 8.17. The molecule has 2 aliphatic rings. The second-order valence-electron chi connectivity index (χ2n) is 6.46. The Bertz CT molecular complexity index is 630. The molecule has 1 aliphatic carbocycles. The van der Waals surface area contributed by atoms with Gasteiger partial charge < -0.3 is 10.6 Å². The fourth-order valence-corrected chi connectivity index (χ4v) is 4.94. The normalized spacial score (nSPS) is 29.3. The molecule has 2 N–H and O–H groups in total. The summed E-state index contributed by atoms with van der Waals surface area (Å²) in [5, 5.41) is 8.66. The van der Waals surface area contributed by atoms with E-state index >= 15 is 0 Å². The quantitative estimate of drug-likeness (QED) is 0.901. The molecule has 1 saturated heterocycles. The van der Waals surface area contributed by atoms with E-state index in [1.54, 1.807) is 11.3 Å². The van der Waals surface area contributed by atoms with Gasteiger partial charge in [-0.15, -0.1) is 11.3 Å². The summed E-state index contributed by atoms with van der Waals surface area (Å²) in [5.41, 5.74) is 2.39. The largest absolute Gasteiger partial charge is 0.382 e. The third-order valence-corrected chi connectivity index (χ3v) is 5.97. The molecule has 21 heavy (non-hydrogen) atoms. The third-order valence-electron chi connectivity index (χ3n) is 5.03. The molecule has 0 spiro atoms. The topological polar surface area (TPSA) is 37.0 Å². The molecule has 0 radical (unpaired) electrons. The van der Waals surface area contributed by atoms with Crippen molar-refractivity contribution in [2.45, 2.75) is 51.1 Å². The number of nitrogens with zero attached hydrogens (tertiary/aromatic N) is 1. The van der Waals surface area contributed by atoms with Crippen LogP contribution in [-0.4, -0.2) is 23.6 Å². The van der Waals surface area contributed by atoms with Gasteiger partial charge in [0, 0.05) is 17.8 Å². The smallest absolute Gasteiger partial charge is 0.0907 e. The molecule has 3 unspecified atom stereocenters. The van der Waals surface area contributed by atoms with Crippen molar-refractivity contribution in [3.05, 3.63) is 23.2 Å². The van der Waals surface area contributed by atoms with Gasteiger partial charge in [-0.2, -0.15) is 0 Å². The lowest BCUT2D eigenvalue weighted by atomic mass is 9.93. The van der Waals surface area contributed by atoms with Crippen molar-refractivity contribution in [1.82, 2.24) is 10.3 Å². The Labute approximate surface area is 130 Å². The Morgan fingerprint density at radius 3 is 3.05 bits per heavy atom. The van der Waals surface area contributed by atoms with Crippen molar-refractivity contribution >= 4 is 27.2 Å². The predicted molar refractivity (Wildman–Crippen MR) is 90.1 cm³/mol. The molecule has 2 fully saturated rings. The lowest BCUT2D eigenvalue weighted by molar-refractivity contribution is 0.376. The van der Waals surface area contributed by atoms with Gasteiger partial charge in [-0.1, -0.05) is 6.42 Å². The van der Waals surface area contributed by atoms with Crippen LogP contribution in [-0.2, 0) is 0 Å². The summed E-state index contributed by atoms with van der Waals surface area (Å²) in [6.45, 7) is 3.29. The van der Waals surface area contributed by atoms with E-state index in [1.807, 2.05) is 0 Å². The maximum atomic E-state index is 4.54. The molecule has 1 aromatic heterocycles. The van der Waals surface area contributed by atoms with E-state index < -0.39 is 0 Å². The van der Waals surface area contributed by atoms with Gasteiger partial charge in [0.15, 0.2) is 0 Å². The van der Waals surface area contributed by atoms with E-state index in [2.05, 4.69) is 40.7 Å². The molecular weight excluding hydrogens is 278 g/mol. The number of hydrogen-bond acceptors (Lipinski definition) is 4. The highest BCUT2D eigenvalue weighted by Crippen LogP contribution is 2.34. The molecular formula is C17H23N3S. The number of anilines is 1. The molecule has 3 nitrogen and oxygen atoms in total. The first kappa shape index (κ1) is 13.5. The number of aromatic nitrogens is 1. The van der Waals surface area contributed by atoms with Crippen LogP contribution in [0, 0.1) is 12.8 Å². The van der Waals surface area contributed by atoms with Gasteiger partial charge in [0.25, 0.3) is 0 Å². The average molecular weight is 301 g/mol. The van der Waals surface area contributed by atoms with E-state index in [0.29, 0.717) is 6.04 Å². The predicted octanol–water partition coefficient (Wildman–Crippen LogP) is 3.94. The van der Waals surface area contributed by atoms with Crippen molar-refractivity contribution in [2.75, 3.05) is 11.9 Å². The Hall–Kier alpha value is -1.13. The van der Waals surface area contributed by atoms with Gasteiger partial charge in [0.2, 0.25) is 0 Å². The first-order chi connectivity index (χ1) is 10.3. The minimum atomic E-state index is 0.632. The van der Waals surface area contributed by atoms with Crippen molar-refractivity contribution < 1.29 is 0 Å². The Morgan fingerprint density at radius 1 is 1.24 bits per heavy atom. The molecule has 4 heteroatoms. The van der Waals surface area contributed by atoms with Crippen molar-refractivity contribution in [2.24, 2.45) is 5.92 Å². The Morgan fingerprint density at radius 2 is 2.19 bits per heavy atom. The fourth-order valence-electron chi connectivity index (χ4n) is 4.07. The van der Waals surface area contributed by atoms with Crippen LogP contribution in [0.1, 0.15) is 37.1 Å². The minimum absolute atomic E-state index is 0.632. The zero-order valence-electron chi connectivity index (χ0n) is 12.6. The SMILES string of the molecule is Cc1nc2ccc(NC3CCCC3C3CCCN3)cc2s1. The van der Waals surface area contributed by atoms with E-state index in [1.165, 1.54) is 49.0 Å². The second-order valence-corrected chi connectivity index (χ2v) is 7.70. The van der Waals surface area contributed by atoms with Crippen LogP contribution in [0.2, 0.25) is 0 Å². The average Bonchev–Trinajstić information content (AvgIpc) is 3.16. The standard InChI is InChI=1S/C17H23N3S/c1-11-19-16-8-7-12(10-17(16)21-11)20-15-5-2-4-13(15)14-6-3-9-18-14/h7-8,10,13-15,18,20H,2-6,9H2,1H3. The number of rotatable bonds is 3. The number of fused-ring (bicyclic) bond motifs is 1. The number of hydrogen-bond donors (Lipinski definition) is 2. The Kier molecular flexibility index (Phi) is 3.59. The molecule has 0 amide bonds. The fraction of sp³-hybridized carbons (Fsp3) is 0.588. The zero-order valence-corrected chi connectivity index (χ0v) is 13.4. The monoisotopic (exact) mass is 301 g/mol. The highest BCUT2D eigenvalue weighted by atomic mass is 32.1. The number of thiazole rings is 1. The Balaban J connectivity index is 1.52. The van der Waals surface area contributed by atoms with Crippen molar-refractivity contribution in [1.29, 1.82) is 0 Å². The summed E-state index contributed by atoms with van der Waals surface area (Å²) in [6.07, 6.45) is 6.75. The van der Waals surface area contributed by atoms with E-state index in [-0.39, 0.29) is 0 Å². The maximum absolute atomic E-state index is 4.54.